The van der Waals surface area contributed by atoms with Gasteiger partial charge in [-0.2, -0.15) is 0 Å². The zero-order chi connectivity index (χ0) is 18.6. The summed E-state index contributed by atoms with van der Waals surface area (Å²) in [5.74, 6) is 0.119. The standard InChI is InChI=1S/C22H25N3O2/c26-21(12-15-23-13-6-7-14-23)24-16-17-25(20-11-5-4-10-19(20)24)22(27)18-8-2-1-3-9-18/h1-5,8-11H,6-7,12-17H2. The molecule has 0 saturated carbocycles. The van der Waals surface area contributed by atoms with Crippen LogP contribution in [0.5, 0.6) is 0 Å². The Morgan fingerprint density at radius 3 is 2.04 bits per heavy atom. The van der Waals surface area contributed by atoms with Crippen LogP contribution in [0.1, 0.15) is 29.6 Å². The summed E-state index contributed by atoms with van der Waals surface area (Å²) in [6, 6.07) is 17.0. The first-order chi connectivity index (χ1) is 13.2. The molecule has 2 aliphatic heterocycles. The number of nitrogens with zero attached hydrogens (tertiary/aromatic N) is 3. The van der Waals surface area contributed by atoms with Gasteiger partial charge in [0, 0.05) is 31.6 Å². The van der Waals surface area contributed by atoms with Crippen LogP contribution in [0.2, 0.25) is 0 Å². The Labute approximate surface area is 160 Å². The molecule has 0 spiro atoms. The van der Waals surface area contributed by atoms with Crippen LogP contribution in [-0.2, 0) is 4.79 Å². The molecule has 0 bridgehead atoms. The van der Waals surface area contributed by atoms with Gasteiger partial charge in [-0.15, -0.1) is 0 Å². The summed E-state index contributed by atoms with van der Waals surface area (Å²) in [4.78, 5) is 31.8. The van der Waals surface area contributed by atoms with Crippen LogP contribution in [0.4, 0.5) is 11.4 Å². The van der Waals surface area contributed by atoms with E-state index in [0.29, 0.717) is 25.1 Å². The van der Waals surface area contributed by atoms with Crippen LogP contribution in [-0.4, -0.2) is 49.4 Å². The molecule has 2 heterocycles. The fourth-order valence-electron chi connectivity index (χ4n) is 3.96. The lowest BCUT2D eigenvalue weighted by Crippen LogP contribution is -2.47. The number of likely N-dealkylation sites (tertiary alicyclic amines) is 1. The second kappa shape index (κ2) is 7.92. The lowest BCUT2D eigenvalue weighted by Gasteiger charge is -2.36. The SMILES string of the molecule is O=C(CCN1CCCC1)N1CCN(C(=O)c2ccccc2)c2ccccc21. The van der Waals surface area contributed by atoms with E-state index >= 15 is 0 Å². The number of anilines is 2. The maximum Gasteiger partial charge on any atom is 0.258 e. The summed E-state index contributed by atoms with van der Waals surface area (Å²) in [5, 5.41) is 0. The third-order valence-corrected chi connectivity index (χ3v) is 5.42. The summed E-state index contributed by atoms with van der Waals surface area (Å²) in [6.45, 7) is 4.07. The van der Waals surface area contributed by atoms with Gasteiger partial charge in [0.25, 0.3) is 5.91 Å². The number of hydrogen-bond acceptors (Lipinski definition) is 3. The highest BCUT2D eigenvalue weighted by molar-refractivity contribution is 6.10. The summed E-state index contributed by atoms with van der Waals surface area (Å²) < 4.78 is 0. The highest BCUT2D eigenvalue weighted by atomic mass is 16.2. The van der Waals surface area contributed by atoms with Crippen molar-refractivity contribution < 1.29 is 9.59 Å². The second-order valence-electron chi connectivity index (χ2n) is 7.16. The fourth-order valence-corrected chi connectivity index (χ4v) is 3.96. The van der Waals surface area contributed by atoms with Crippen molar-refractivity contribution in [3.8, 4) is 0 Å². The molecule has 0 atom stereocenters. The van der Waals surface area contributed by atoms with Crippen molar-refractivity contribution >= 4 is 23.2 Å². The molecular formula is C22H25N3O2. The Morgan fingerprint density at radius 1 is 0.741 bits per heavy atom. The topological polar surface area (TPSA) is 43.9 Å². The number of carbonyl (C=O) groups is 2. The van der Waals surface area contributed by atoms with E-state index in [0.717, 1.165) is 31.0 Å². The molecule has 0 aliphatic carbocycles. The normalized spacial score (nSPS) is 17.0. The largest absolute Gasteiger partial charge is 0.309 e. The quantitative estimate of drug-likeness (QED) is 0.838. The molecule has 2 amide bonds. The summed E-state index contributed by atoms with van der Waals surface area (Å²) >= 11 is 0. The second-order valence-corrected chi connectivity index (χ2v) is 7.16. The van der Waals surface area contributed by atoms with Crippen LogP contribution >= 0.6 is 0 Å². The van der Waals surface area contributed by atoms with Crippen molar-refractivity contribution in [2.45, 2.75) is 19.3 Å². The average molecular weight is 363 g/mol. The lowest BCUT2D eigenvalue weighted by atomic mass is 10.1. The van der Waals surface area contributed by atoms with E-state index in [1.807, 2.05) is 59.5 Å². The number of para-hydroxylation sites is 2. The number of carbonyl (C=O) groups excluding carboxylic acids is 2. The van der Waals surface area contributed by atoms with E-state index < -0.39 is 0 Å². The van der Waals surface area contributed by atoms with Gasteiger partial charge in [-0.25, -0.2) is 0 Å². The predicted octanol–water partition coefficient (Wildman–Crippen LogP) is 3.17. The third kappa shape index (κ3) is 3.74. The molecule has 5 nitrogen and oxygen atoms in total. The first kappa shape index (κ1) is 17.7. The Hall–Kier alpha value is -2.66. The predicted molar refractivity (Wildman–Crippen MR) is 107 cm³/mol. The van der Waals surface area contributed by atoms with Crippen LogP contribution in [0.3, 0.4) is 0 Å². The van der Waals surface area contributed by atoms with E-state index in [-0.39, 0.29) is 11.8 Å². The fraction of sp³-hybridized carbons (Fsp3) is 0.364. The zero-order valence-electron chi connectivity index (χ0n) is 15.5. The van der Waals surface area contributed by atoms with E-state index in [4.69, 9.17) is 0 Å². The molecule has 0 aromatic heterocycles. The molecular weight excluding hydrogens is 338 g/mol. The lowest BCUT2D eigenvalue weighted by molar-refractivity contribution is -0.118. The molecule has 5 heteroatoms. The Morgan fingerprint density at radius 2 is 1.33 bits per heavy atom. The highest BCUT2D eigenvalue weighted by Crippen LogP contribution is 2.34. The van der Waals surface area contributed by atoms with E-state index in [1.54, 1.807) is 4.90 Å². The maximum atomic E-state index is 13.0. The maximum absolute atomic E-state index is 13.0. The van der Waals surface area contributed by atoms with Gasteiger partial charge >= 0.3 is 0 Å². The summed E-state index contributed by atoms with van der Waals surface area (Å²) in [5.41, 5.74) is 2.31. The van der Waals surface area contributed by atoms with Crippen molar-refractivity contribution in [3.63, 3.8) is 0 Å². The smallest absolute Gasteiger partial charge is 0.258 e. The molecule has 2 aromatic carbocycles. The summed E-state index contributed by atoms with van der Waals surface area (Å²) in [7, 11) is 0. The minimum Gasteiger partial charge on any atom is -0.309 e. The van der Waals surface area contributed by atoms with Crippen molar-refractivity contribution in [2.24, 2.45) is 0 Å². The number of fused-ring (bicyclic) bond motifs is 1. The van der Waals surface area contributed by atoms with Gasteiger partial charge in [0.1, 0.15) is 0 Å². The number of amides is 2. The minimum atomic E-state index is -0.0211. The number of hydrogen-bond donors (Lipinski definition) is 0. The van der Waals surface area contributed by atoms with Crippen molar-refractivity contribution in [2.75, 3.05) is 42.5 Å². The minimum absolute atomic E-state index is 0.0211. The number of rotatable bonds is 4. The summed E-state index contributed by atoms with van der Waals surface area (Å²) in [6.07, 6.45) is 3.00. The van der Waals surface area contributed by atoms with Crippen LogP contribution in [0, 0.1) is 0 Å². The molecule has 1 saturated heterocycles. The van der Waals surface area contributed by atoms with Gasteiger partial charge in [-0.05, 0) is 50.2 Å². The zero-order valence-corrected chi connectivity index (χ0v) is 15.5. The molecule has 0 radical (unpaired) electrons. The van der Waals surface area contributed by atoms with Gasteiger partial charge in [0.15, 0.2) is 0 Å². The molecule has 2 aromatic rings. The van der Waals surface area contributed by atoms with Gasteiger partial charge in [-0.1, -0.05) is 30.3 Å². The van der Waals surface area contributed by atoms with E-state index in [9.17, 15) is 9.59 Å². The Bertz CT molecular complexity index is 815. The van der Waals surface area contributed by atoms with Crippen LogP contribution < -0.4 is 9.80 Å². The van der Waals surface area contributed by atoms with Gasteiger partial charge in [-0.3, -0.25) is 9.59 Å². The van der Waals surface area contributed by atoms with Crippen LogP contribution in [0.25, 0.3) is 0 Å². The average Bonchev–Trinajstić information content (AvgIpc) is 3.25. The van der Waals surface area contributed by atoms with Crippen molar-refractivity contribution in [1.82, 2.24) is 4.90 Å². The molecule has 0 unspecified atom stereocenters. The van der Waals surface area contributed by atoms with Gasteiger partial charge in [0.2, 0.25) is 5.91 Å². The Balaban J connectivity index is 1.52. The van der Waals surface area contributed by atoms with Gasteiger partial charge in [0.05, 0.1) is 11.4 Å². The molecule has 140 valence electrons. The third-order valence-electron chi connectivity index (χ3n) is 5.42. The molecule has 27 heavy (non-hydrogen) atoms. The monoisotopic (exact) mass is 363 g/mol. The van der Waals surface area contributed by atoms with Gasteiger partial charge < -0.3 is 14.7 Å². The first-order valence-corrected chi connectivity index (χ1v) is 9.73. The van der Waals surface area contributed by atoms with Crippen molar-refractivity contribution in [3.05, 3.63) is 60.2 Å². The molecule has 0 N–H and O–H groups in total. The van der Waals surface area contributed by atoms with E-state index in [1.165, 1.54) is 12.8 Å². The number of benzene rings is 2. The first-order valence-electron chi connectivity index (χ1n) is 9.73. The highest BCUT2D eigenvalue weighted by Gasteiger charge is 2.30. The molecule has 1 fully saturated rings. The Kier molecular flexibility index (Phi) is 5.21. The molecule has 4 rings (SSSR count). The van der Waals surface area contributed by atoms with Crippen molar-refractivity contribution in [1.29, 1.82) is 0 Å². The van der Waals surface area contributed by atoms with Crippen LogP contribution in [0.15, 0.2) is 54.6 Å². The molecule has 2 aliphatic rings. The van der Waals surface area contributed by atoms with E-state index in [2.05, 4.69) is 4.90 Å².